The van der Waals surface area contributed by atoms with Crippen LogP contribution in [0.5, 0.6) is 0 Å². The molecule has 0 amide bonds. The van der Waals surface area contributed by atoms with E-state index < -0.39 is 5.97 Å². The maximum Gasteiger partial charge on any atom is 0.306 e. The molecule has 0 saturated heterocycles. The summed E-state index contributed by atoms with van der Waals surface area (Å²) in [6, 6.07) is 6.70. The quantitative estimate of drug-likeness (QED) is 0.856. The largest absolute Gasteiger partial charge is 0.481 e. The van der Waals surface area contributed by atoms with E-state index in [1.54, 1.807) is 0 Å². The third kappa shape index (κ3) is 2.81. The maximum absolute atomic E-state index is 11.1. The first-order chi connectivity index (χ1) is 8.95. The molecular weight excluding hydrogens is 238 g/mol. The van der Waals surface area contributed by atoms with E-state index in [9.17, 15) is 4.79 Å². The van der Waals surface area contributed by atoms with Gasteiger partial charge in [0.1, 0.15) is 0 Å². The van der Waals surface area contributed by atoms with E-state index in [-0.39, 0.29) is 17.9 Å². The summed E-state index contributed by atoms with van der Waals surface area (Å²) < 4.78 is 0. The Labute approximate surface area is 115 Å². The standard InChI is InChI=1S/C16H23NO2/c1-9(2)11-6-5-10(3)12(7-11)15(17-4)13-8-14(13)16(18)19/h5-7,9,13-15,17H,8H2,1-4H3,(H,18,19). The van der Waals surface area contributed by atoms with E-state index >= 15 is 0 Å². The zero-order valence-electron chi connectivity index (χ0n) is 12.1. The molecule has 0 aromatic heterocycles. The lowest BCUT2D eigenvalue weighted by atomic mass is 9.91. The Morgan fingerprint density at radius 2 is 2.11 bits per heavy atom. The van der Waals surface area contributed by atoms with Gasteiger partial charge in [0.15, 0.2) is 0 Å². The molecule has 1 aliphatic rings. The zero-order chi connectivity index (χ0) is 14.2. The van der Waals surface area contributed by atoms with Gasteiger partial charge in [-0.05, 0) is 48.9 Å². The van der Waals surface area contributed by atoms with Gasteiger partial charge in [0.05, 0.1) is 5.92 Å². The van der Waals surface area contributed by atoms with Crippen LogP contribution in [0.2, 0.25) is 0 Å². The molecule has 1 saturated carbocycles. The fourth-order valence-corrected chi connectivity index (χ4v) is 2.82. The van der Waals surface area contributed by atoms with Gasteiger partial charge < -0.3 is 10.4 Å². The Morgan fingerprint density at radius 1 is 1.42 bits per heavy atom. The predicted molar refractivity (Wildman–Crippen MR) is 76.3 cm³/mol. The van der Waals surface area contributed by atoms with Gasteiger partial charge in [-0.1, -0.05) is 32.0 Å². The number of carboxylic acid groups (broad SMARTS) is 1. The molecule has 3 atom stereocenters. The van der Waals surface area contributed by atoms with Crippen LogP contribution >= 0.6 is 0 Å². The Morgan fingerprint density at radius 3 is 2.58 bits per heavy atom. The molecule has 3 nitrogen and oxygen atoms in total. The number of carbonyl (C=O) groups is 1. The molecule has 19 heavy (non-hydrogen) atoms. The second-order valence-corrected chi connectivity index (χ2v) is 5.88. The molecular formula is C16H23NO2. The lowest BCUT2D eigenvalue weighted by Crippen LogP contribution is -2.21. The summed E-state index contributed by atoms with van der Waals surface area (Å²) in [7, 11) is 1.92. The number of aliphatic carboxylic acids is 1. The lowest BCUT2D eigenvalue weighted by Gasteiger charge is -2.20. The van der Waals surface area contributed by atoms with Crippen molar-refractivity contribution in [3.8, 4) is 0 Å². The molecule has 0 radical (unpaired) electrons. The molecule has 2 N–H and O–H groups in total. The highest BCUT2D eigenvalue weighted by molar-refractivity contribution is 5.73. The summed E-state index contributed by atoms with van der Waals surface area (Å²) in [4.78, 5) is 11.1. The predicted octanol–water partition coefficient (Wildman–Crippen LogP) is 3.10. The molecule has 0 heterocycles. The van der Waals surface area contributed by atoms with E-state index in [4.69, 9.17) is 5.11 Å². The topological polar surface area (TPSA) is 49.3 Å². The molecule has 3 heteroatoms. The van der Waals surface area contributed by atoms with Gasteiger partial charge in [-0.3, -0.25) is 4.79 Å². The van der Waals surface area contributed by atoms with Crippen molar-refractivity contribution in [1.29, 1.82) is 0 Å². The van der Waals surface area contributed by atoms with Crippen LogP contribution in [0.4, 0.5) is 0 Å². The van der Waals surface area contributed by atoms with Crippen molar-refractivity contribution in [2.24, 2.45) is 11.8 Å². The summed E-state index contributed by atoms with van der Waals surface area (Å²) in [5, 5.41) is 12.4. The molecule has 0 bridgehead atoms. The fourth-order valence-electron chi connectivity index (χ4n) is 2.82. The SMILES string of the molecule is CNC(c1cc(C(C)C)ccc1C)C1CC1C(=O)O. The van der Waals surface area contributed by atoms with Crippen LogP contribution in [-0.4, -0.2) is 18.1 Å². The minimum atomic E-state index is -0.664. The first-order valence-corrected chi connectivity index (χ1v) is 6.96. The van der Waals surface area contributed by atoms with Gasteiger partial charge in [-0.15, -0.1) is 0 Å². The Kier molecular flexibility index (Phi) is 3.95. The van der Waals surface area contributed by atoms with Crippen molar-refractivity contribution < 1.29 is 9.90 Å². The van der Waals surface area contributed by atoms with Gasteiger partial charge in [-0.25, -0.2) is 0 Å². The van der Waals surface area contributed by atoms with Gasteiger partial charge in [0, 0.05) is 6.04 Å². The third-order valence-electron chi connectivity index (χ3n) is 4.20. The van der Waals surface area contributed by atoms with Crippen LogP contribution in [0.15, 0.2) is 18.2 Å². The number of hydrogen-bond donors (Lipinski definition) is 2. The minimum Gasteiger partial charge on any atom is -0.481 e. The highest BCUT2D eigenvalue weighted by atomic mass is 16.4. The average molecular weight is 261 g/mol. The first kappa shape index (κ1) is 14.1. The summed E-state index contributed by atoms with van der Waals surface area (Å²) in [5.41, 5.74) is 3.80. The van der Waals surface area contributed by atoms with Gasteiger partial charge >= 0.3 is 5.97 Å². The smallest absolute Gasteiger partial charge is 0.306 e. The normalized spacial score (nSPS) is 23.4. The van der Waals surface area contributed by atoms with E-state index in [0.717, 1.165) is 6.42 Å². The summed E-state index contributed by atoms with van der Waals surface area (Å²) >= 11 is 0. The van der Waals surface area contributed by atoms with Crippen molar-refractivity contribution in [1.82, 2.24) is 5.32 Å². The number of nitrogens with one attached hydrogen (secondary N) is 1. The van der Waals surface area contributed by atoms with Crippen molar-refractivity contribution in [3.63, 3.8) is 0 Å². The second kappa shape index (κ2) is 5.33. The number of hydrogen-bond acceptors (Lipinski definition) is 2. The molecule has 1 aliphatic carbocycles. The Bertz CT molecular complexity index is 482. The molecule has 1 aromatic rings. The van der Waals surface area contributed by atoms with E-state index in [1.165, 1.54) is 16.7 Å². The monoisotopic (exact) mass is 261 g/mol. The Hall–Kier alpha value is -1.35. The first-order valence-electron chi connectivity index (χ1n) is 6.96. The van der Waals surface area contributed by atoms with E-state index in [2.05, 4.69) is 44.3 Å². The fraction of sp³-hybridized carbons (Fsp3) is 0.562. The second-order valence-electron chi connectivity index (χ2n) is 5.88. The summed E-state index contributed by atoms with van der Waals surface area (Å²) in [5.74, 6) is -0.127. The van der Waals surface area contributed by atoms with Crippen LogP contribution < -0.4 is 5.32 Å². The number of benzene rings is 1. The Balaban J connectivity index is 2.28. The molecule has 104 valence electrons. The molecule has 2 rings (SSSR count). The highest BCUT2D eigenvalue weighted by Gasteiger charge is 2.48. The van der Waals surface area contributed by atoms with Crippen molar-refractivity contribution in [2.75, 3.05) is 7.05 Å². The van der Waals surface area contributed by atoms with E-state index in [0.29, 0.717) is 5.92 Å². The van der Waals surface area contributed by atoms with Gasteiger partial charge in [0.2, 0.25) is 0 Å². The average Bonchev–Trinajstić information content (AvgIpc) is 3.12. The van der Waals surface area contributed by atoms with E-state index in [1.807, 2.05) is 7.05 Å². The van der Waals surface area contributed by atoms with Crippen molar-refractivity contribution in [2.45, 2.75) is 39.2 Å². The maximum atomic E-state index is 11.1. The highest BCUT2D eigenvalue weighted by Crippen LogP contribution is 2.48. The minimum absolute atomic E-state index is 0.153. The molecule has 0 aliphatic heterocycles. The summed E-state index contributed by atoms with van der Waals surface area (Å²) in [6.07, 6.45) is 0.784. The lowest BCUT2D eigenvalue weighted by molar-refractivity contribution is -0.138. The molecule has 1 aromatic carbocycles. The molecule has 1 fully saturated rings. The van der Waals surface area contributed by atoms with Gasteiger partial charge in [0.25, 0.3) is 0 Å². The number of rotatable bonds is 5. The third-order valence-corrected chi connectivity index (χ3v) is 4.20. The van der Waals surface area contributed by atoms with Gasteiger partial charge in [-0.2, -0.15) is 0 Å². The molecule has 3 unspecified atom stereocenters. The summed E-state index contributed by atoms with van der Waals surface area (Å²) in [6.45, 7) is 6.46. The van der Waals surface area contributed by atoms with Crippen LogP contribution in [-0.2, 0) is 4.79 Å². The molecule has 0 spiro atoms. The van der Waals surface area contributed by atoms with Crippen LogP contribution in [0.1, 0.15) is 48.9 Å². The van der Waals surface area contributed by atoms with Crippen LogP contribution in [0, 0.1) is 18.8 Å². The van der Waals surface area contributed by atoms with Crippen LogP contribution in [0.3, 0.4) is 0 Å². The van der Waals surface area contributed by atoms with Crippen LogP contribution in [0.25, 0.3) is 0 Å². The van der Waals surface area contributed by atoms with Crippen molar-refractivity contribution >= 4 is 5.97 Å². The zero-order valence-corrected chi connectivity index (χ0v) is 12.1. The van der Waals surface area contributed by atoms with Crippen molar-refractivity contribution in [3.05, 3.63) is 34.9 Å². The number of carboxylic acids is 1. The number of aryl methyl sites for hydroxylation is 1.